The van der Waals surface area contributed by atoms with Crippen molar-refractivity contribution in [2.24, 2.45) is 5.73 Å². The van der Waals surface area contributed by atoms with Crippen LogP contribution in [0.5, 0.6) is 5.75 Å². The molecule has 1 aliphatic rings. The SMILES string of the molecule is COc1coc(C(=O)N2CCCC[C@@H](N)C2)cc1=O. The predicted molar refractivity (Wildman–Crippen MR) is 69.3 cm³/mol. The van der Waals surface area contributed by atoms with E-state index in [1.165, 1.54) is 7.11 Å². The second-order valence-corrected chi connectivity index (χ2v) is 4.68. The average Bonchev–Trinajstić information content (AvgIpc) is 2.62. The van der Waals surface area contributed by atoms with Crippen LogP contribution in [-0.2, 0) is 0 Å². The van der Waals surface area contributed by atoms with Crippen LogP contribution in [0.25, 0.3) is 0 Å². The van der Waals surface area contributed by atoms with E-state index < -0.39 is 0 Å². The lowest BCUT2D eigenvalue weighted by atomic mass is 10.2. The molecule has 1 atom stereocenters. The normalized spacial score (nSPS) is 19.9. The minimum Gasteiger partial charge on any atom is -0.490 e. The summed E-state index contributed by atoms with van der Waals surface area (Å²) in [5.41, 5.74) is 5.55. The van der Waals surface area contributed by atoms with Crippen molar-refractivity contribution < 1.29 is 13.9 Å². The van der Waals surface area contributed by atoms with Gasteiger partial charge in [0.1, 0.15) is 6.26 Å². The quantitative estimate of drug-likeness (QED) is 0.847. The molecule has 1 aliphatic heterocycles. The van der Waals surface area contributed by atoms with E-state index in [1.807, 2.05) is 0 Å². The standard InChI is InChI=1S/C13H18N2O4/c1-18-12-8-19-11(6-10(12)16)13(17)15-5-3-2-4-9(14)7-15/h6,8-9H,2-5,7,14H2,1H3/t9-/m1/s1. The van der Waals surface area contributed by atoms with Crippen LogP contribution in [0.4, 0.5) is 0 Å². The van der Waals surface area contributed by atoms with Crippen molar-refractivity contribution in [3.05, 3.63) is 28.3 Å². The van der Waals surface area contributed by atoms with Crippen molar-refractivity contribution in [3.63, 3.8) is 0 Å². The monoisotopic (exact) mass is 266 g/mol. The van der Waals surface area contributed by atoms with Gasteiger partial charge >= 0.3 is 0 Å². The second-order valence-electron chi connectivity index (χ2n) is 4.68. The zero-order valence-corrected chi connectivity index (χ0v) is 10.9. The fourth-order valence-electron chi connectivity index (χ4n) is 2.18. The molecule has 0 spiro atoms. The maximum Gasteiger partial charge on any atom is 0.289 e. The number of hydrogen-bond acceptors (Lipinski definition) is 5. The summed E-state index contributed by atoms with van der Waals surface area (Å²) in [6, 6.07) is 1.15. The van der Waals surface area contributed by atoms with Gasteiger partial charge in [-0.2, -0.15) is 0 Å². The third-order valence-electron chi connectivity index (χ3n) is 3.22. The maximum absolute atomic E-state index is 12.2. The van der Waals surface area contributed by atoms with Gasteiger partial charge in [-0.05, 0) is 12.8 Å². The number of nitrogens with zero attached hydrogens (tertiary/aromatic N) is 1. The topological polar surface area (TPSA) is 85.8 Å². The third kappa shape index (κ3) is 3.14. The van der Waals surface area contributed by atoms with Crippen molar-refractivity contribution in [2.45, 2.75) is 25.3 Å². The molecule has 0 bridgehead atoms. The summed E-state index contributed by atoms with van der Waals surface area (Å²) in [6.07, 6.45) is 4.00. The molecule has 2 rings (SSSR count). The zero-order valence-electron chi connectivity index (χ0n) is 10.9. The third-order valence-corrected chi connectivity index (χ3v) is 3.22. The molecule has 2 heterocycles. The van der Waals surface area contributed by atoms with E-state index >= 15 is 0 Å². The highest BCUT2D eigenvalue weighted by atomic mass is 16.5. The van der Waals surface area contributed by atoms with Gasteiger partial charge in [-0.3, -0.25) is 9.59 Å². The number of amides is 1. The fourth-order valence-corrected chi connectivity index (χ4v) is 2.18. The molecule has 1 saturated heterocycles. The lowest BCUT2D eigenvalue weighted by Gasteiger charge is -2.21. The number of hydrogen-bond donors (Lipinski definition) is 1. The van der Waals surface area contributed by atoms with Crippen LogP contribution in [0, 0.1) is 0 Å². The van der Waals surface area contributed by atoms with Crippen molar-refractivity contribution in [1.82, 2.24) is 4.90 Å². The van der Waals surface area contributed by atoms with E-state index in [0.29, 0.717) is 13.1 Å². The predicted octanol–water partition coefficient (Wildman–Crippen LogP) is 0.602. The Morgan fingerprint density at radius 2 is 2.32 bits per heavy atom. The maximum atomic E-state index is 12.2. The van der Waals surface area contributed by atoms with Crippen LogP contribution in [0.1, 0.15) is 29.8 Å². The molecular formula is C13H18N2O4. The van der Waals surface area contributed by atoms with Crippen molar-refractivity contribution in [1.29, 1.82) is 0 Å². The molecule has 1 amide bonds. The molecule has 0 saturated carbocycles. The molecular weight excluding hydrogens is 248 g/mol. The van der Waals surface area contributed by atoms with E-state index in [9.17, 15) is 9.59 Å². The highest BCUT2D eigenvalue weighted by Crippen LogP contribution is 2.13. The molecule has 6 heteroatoms. The average molecular weight is 266 g/mol. The Bertz CT molecular complexity index is 512. The van der Waals surface area contributed by atoms with Crippen molar-refractivity contribution in [3.8, 4) is 5.75 Å². The largest absolute Gasteiger partial charge is 0.490 e. The molecule has 104 valence electrons. The van der Waals surface area contributed by atoms with Gasteiger partial charge < -0.3 is 19.8 Å². The highest BCUT2D eigenvalue weighted by molar-refractivity contribution is 5.91. The van der Waals surface area contributed by atoms with Gasteiger partial charge in [-0.15, -0.1) is 0 Å². The molecule has 2 N–H and O–H groups in total. The molecule has 0 aromatic carbocycles. The van der Waals surface area contributed by atoms with E-state index in [0.717, 1.165) is 31.6 Å². The molecule has 0 radical (unpaired) electrons. The first-order chi connectivity index (χ1) is 9.11. The van der Waals surface area contributed by atoms with Crippen LogP contribution in [0.3, 0.4) is 0 Å². The van der Waals surface area contributed by atoms with Crippen LogP contribution in [-0.4, -0.2) is 37.0 Å². The van der Waals surface area contributed by atoms with Gasteiger partial charge in [-0.25, -0.2) is 0 Å². The molecule has 6 nitrogen and oxygen atoms in total. The van der Waals surface area contributed by atoms with Crippen LogP contribution in [0.15, 0.2) is 21.5 Å². The van der Waals surface area contributed by atoms with E-state index in [2.05, 4.69) is 0 Å². The van der Waals surface area contributed by atoms with Crippen molar-refractivity contribution >= 4 is 5.91 Å². The number of methoxy groups -OCH3 is 1. The van der Waals surface area contributed by atoms with Crippen LogP contribution in [0.2, 0.25) is 0 Å². The van der Waals surface area contributed by atoms with E-state index in [-0.39, 0.29) is 28.9 Å². The lowest BCUT2D eigenvalue weighted by molar-refractivity contribution is 0.0719. The fraction of sp³-hybridized carbons (Fsp3) is 0.538. The smallest absolute Gasteiger partial charge is 0.289 e. The summed E-state index contributed by atoms with van der Waals surface area (Å²) in [5, 5.41) is 0. The summed E-state index contributed by atoms with van der Waals surface area (Å²) in [5.74, 6) is -0.180. The Kier molecular flexibility index (Phi) is 4.21. The summed E-state index contributed by atoms with van der Waals surface area (Å²) in [7, 11) is 1.38. The minimum absolute atomic E-state index is 0.0172. The highest BCUT2D eigenvalue weighted by Gasteiger charge is 2.23. The Hall–Kier alpha value is -1.82. The van der Waals surface area contributed by atoms with Gasteiger partial charge in [0.05, 0.1) is 7.11 Å². The Morgan fingerprint density at radius 1 is 1.53 bits per heavy atom. The van der Waals surface area contributed by atoms with E-state index in [4.69, 9.17) is 14.9 Å². The van der Waals surface area contributed by atoms with E-state index in [1.54, 1.807) is 4.90 Å². The lowest BCUT2D eigenvalue weighted by Crippen LogP contribution is -2.39. The molecule has 1 aromatic rings. The van der Waals surface area contributed by atoms with Gasteiger partial charge in [-0.1, -0.05) is 6.42 Å². The summed E-state index contributed by atoms with van der Waals surface area (Å²) < 4.78 is 9.98. The Balaban J connectivity index is 2.18. The van der Waals surface area contributed by atoms with Gasteiger partial charge in [0, 0.05) is 25.2 Å². The molecule has 19 heavy (non-hydrogen) atoms. The summed E-state index contributed by atoms with van der Waals surface area (Å²) in [6.45, 7) is 1.14. The number of carbonyl (C=O) groups excluding carboxylic acids is 1. The minimum atomic E-state index is -0.365. The van der Waals surface area contributed by atoms with Crippen LogP contribution >= 0.6 is 0 Å². The Labute approximate surface area is 111 Å². The number of rotatable bonds is 2. The molecule has 1 fully saturated rings. The number of likely N-dealkylation sites (tertiary alicyclic amines) is 1. The molecule has 1 aromatic heterocycles. The first-order valence-electron chi connectivity index (χ1n) is 6.33. The molecule has 0 unspecified atom stereocenters. The Morgan fingerprint density at radius 3 is 3.00 bits per heavy atom. The number of nitrogens with two attached hydrogens (primary N) is 1. The van der Waals surface area contributed by atoms with Crippen LogP contribution < -0.4 is 15.9 Å². The number of ether oxygens (including phenoxy) is 1. The van der Waals surface area contributed by atoms with Gasteiger partial charge in [0.15, 0.2) is 5.76 Å². The molecule has 0 aliphatic carbocycles. The summed E-state index contributed by atoms with van der Waals surface area (Å²) >= 11 is 0. The van der Waals surface area contributed by atoms with Crippen molar-refractivity contribution in [2.75, 3.05) is 20.2 Å². The number of carbonyl (C=O) groups is 1. The first-order valence-corrected chi connectivity index (χ1v) is 6.33. The first kappa shape index (κ1) is 13.6. The summed E-state index contributed by atoms with van der Waals surface area (Å²) in [4.78, 5) is 25.5. The zero-order chi connectivity index (χ0) is 13.8. The van der Waals surface area contributed by atoms with Gasteiger partial charge in [0.2, 0.25) is 11.2 Å². The van der Waals surface area contributed by atoms with Gasteiger partial charge in [0.25, 0.3) is 5.91 Å². The second kappa shape index (κ2) is 5.88.